The van der Waals surface area contributed by atoms with E-state index >= 15 is 0 Å². The van der Waals surface area contributed by atoms with E-state index in [1.807, 2.05) is 32.0 Å². The molecule has 1 N–H and O–H groups in total. The first-order chi connectivity index (χ1) is 9.92. The van der Waals surface area contributed by atoms with Crippen LogP contribution in [0.15, 0.2) is 18.2 Å². The van der Waals surface area contributed by atoms with Crippen LogP contribution in [0.2, 0.25) is 0 Å². The number of ether oxygens (including phenoxy) is 3. The molecule has 21 heavy (non-hydrogen) atoms. The number of methoxy groups -OCH3 is 1. The molecule has 0 saturated heterocycles. The second-order valence-corrected chi connectivity index (χ2v) is 5.89. The van der Waals surface area contributed by atoms with Gasteiger partial charge in [0, 0.05) is 6.04 Å². The van der Waals surface area contributed by atoms with Crippen molar-refractivity contribution in [3.8, 4) is 11.5 Å². The minimum absolute atomic E-state index is 0.199. The number of hydrogen-bond acceptors (Lipinski definition) is 5. The van der Waals surface area contributed by atoms with E-state index in [1.165, 1.54) is 12.7 Å². The Balaban J connectivity index is 1.86. The van der Waals surface area contributed by atoms with E-state index in [0.29, 0.717) is 6.79 Å². The SMILES string of the molecule is COC(=O)C(C)(C)NC(C)CCc1ccc2c(c1)OCO2. The molecule has 5 nitrogen and oxygen atoms in total. The zero-order valence-corrected chi connectivity index (χ0v) is 13.1. The summed E-state index contributed by atoms with van der Waals surface area (Å²) in [4.78, 5) is 11.7. The smallest absolute Gasteiger partial charge is 0.325 e. The standard InChI is InChI=1S/C16H23NO4/c1-11(17-16(2,3)15(18)19-4)5-6-12-7-8-13-14(9-12)21-10-20-13/h7-9,11,17H,5-6,10H2,1-4H3. The van der Waals surface area contributed by atoms with Gasteiger partial charge in [-0.2, -0.15) is 0 Å². The lowest BCUT2D eigenvalue weighted by Crippen LogP contribution is -2.51. The van der Waals surface area contributed by atoms with E-state index < -0.39 is 5.54 Å². The molecule has 0 fully saturated rings. The average Bonchev–Trinajstić information content (AvgIpc) is 2.91. The molecule has 116 valence electrons. The fourth-order valence-electron chi connectivity index (χ4n) is 2.48. The van der Waals surface area contributed by atoms with Crippen LogP contribution in [-0.4, -0.2) is 31.5 Å². The molecule has 1 aromatic rings. The van der Waals surface area contributed by atoms with Gasteiger partial charge in [0.05, 0.1) is 7.11 Å². The fourth-order valence-corrected chi connectivity index (χ4v) is 2.48. The van der Waals surface area contributed by atoms with Gasteiger partial charge < -0.3 is 14.2 Å². The number of aryl methyl sites for hydroxylation is 1. The van der Waals surface area contributed by atoms with Crippen LogP contribution in [0.25, 0.3) is 0 Å². The molecule has 2 rings (SSSR count). The summed E-state index contributed by atoms with van der Waals surface area (Å²) in [6, 6.07) is 6.20. The molecule has 1 aliphatic rings. The first kappa shape index (κ1) is 15.6. The van der Waals surface area contributed by atoms with Crippen molar-refractivity contribution >= 4 is 5.97 Å². The molecule has 0 radical (unpaired) electrons. The average molecular weight is 293 g/mol. The third-order valence-corrected chi connectivity index (χ3v) is 3.61. The molecule has 0 spiro atoms. The first-order valence-corrected chi connectivity index (χ1v) is 7.17. The van der Waals surface area contributed by atoms with Crippen molar-refractivity contribution in [1.82, 2.24) is 5.32 Å². The van der Waals surface area contributed by atoms with Crippen LogP contribution < -0.4 is 14.8 Å². The van der Waals surface area contributed by atoms with Gasteiger partial charge in [0.2, 0.25) is 6.79 Å². The molecular formula is C16H23NO4. The van der Waals surface area contributed by atoms with Gasteiger partial charge in [-0.05, 0) is 51.3 Å². The monoisotopic (exact) mass is 293 g/mol. The fraction of sp³-hybridized carbons (Fsp3) is 0.562. The van der Waals surface area contributed by atoms with Crippen LogP contribution in [0, 0.1) is 0 Å². The van der Waals surface area contributed by atoms with Crippen LogP contribution in [0.1, 0.15) is 32.8 Å². The van der Waals surface area contributed by atoms with Gasteiger partial charge in [-0.15, -0.1) is 0 Å². The van der Waals surface area contributed by atoms with Crippen molar-refractivity contribution in [2.24, 2.45) is 0 Å². The second kappa shape index (κ2) is 6.35. The minimum Gasteiger partial charge on any atom is -0.468 e. The van der Waals surface area contributed by atoms with Crippen LogP contribution in [0.4, 0.5) is 0 Å². The molecule has 0 saturated carbocycles. The number of carbonyl (C=O) groups is 1. The summed E-state index contributed by atoms with van der Waals surface area (Å²) in [5.41, 5.74) is 0.520. The Morgan fingerprint density at radius 2 is 2.10 bits per heavy atom. The molecule has 5 heteroatoms. The predicted octanol–water partition coefficient (Wildman–Crippen LogP) is 2.28. The first-order valence-electron chi connectivity index (χ1n) is 7.17. The Morgan fingerprint density at radius 3 is 2.81 bits per heavy atom. The summed E-state index contributed by atoms with van der Waals surface area (Å²) in [5.74, 6) is 1.36. The van der Waals surface area contributed by atoms with Gasteiger partial charge in [-0.25, -0.2) is 0 Å². The molecule has 1 heterocycles. The summed E-state index contributed by atoms with van der Waals surface area (Å²) in [6.45, 7) is 6.02. The van der Waals surface area contributed by atoms with Gasteiger partial charge in [0.1, 0.15) is 5.54 Å². The molecule has 1 aliphatic heterocycles. The van der Waals surface area contributed by atoms with Gasteiger partial charge in [-0.1, -0.05) is 6.07 Å². The van der Waals surface area contributed by atoms with Gasteiger partial charge in [0.25, 0.3) is 0 Å². The zero-order valence-electron chi connectivity index (χ0n) is 13.1. The highest BCUT2D eigenvalue weighted by Crippen LogP contribution is 2.32. The van der Waals surface area contributed by atoms with Crippen LogP contribution >= 0.6 is 0 Å². The number of fused-ring (bicyclic) bond motifs is 1. The summed E-state index contributed by atoms with van der Waals surface area (Å²) in [5, 5.41) is 3.30. The number of hydrogen-bond donors (Lipinski definition) is 1. The Bertz CT molecular complexity index is 513. The third kappa shape index (κ3) is 3.88. The maximum Gasteiger partial charge on any atom is 0.325 e. The van der Waals surface area contributed by atoms with E-state index in [0.717, 1.165) is 24.3 Å². The summed E-state index contributed by atoms with van der Waals surface area (Å²) < 4.78 is 15.5. The molecule has 0 aromatic heterocycles. The van der Waals surface area contributed by atoms with Gasteiger partial charge >= 0.3 is 5.97 Å². The lowest BCUT2D eigenvalue weighted by molar-refractivity contribution is -0.147. The number of nitrogens with one attached hydrogen (secondary N) is 1. The number of carbonyl (C=O) groups excluding carboxylic acids is 1. The molecule has 1 atom stereocenters. The van der Waals surface area contributed by atoms with Crippen molar-refractivity contribution in [2.75, 3.05) is 13.9 Å². The maximum absolute atomic E-state index is 11.7. The molecule has 0 bridgehead atoms. The van der Waals surface area contributed by atoms with E-state index in [-0.39, 0.29) is 12.0 Å². The van der Waals surface area contributed by atoms with Crippen LogP contribution in [-0.2, 0) is 16.0 Å². The van der Waals surface area contributed by atoms with Crippen molar-refractivity contribution in [2.45, 2.75) is 45.2 Å². The summed E-state index contributed by atoms with van der Waals surface area (Å²) in [6.07, 6.45) is 1.82. The van der Waals surface area contributed by atoms with Crippen molar-refractivity contribution < 1.29 is 19.0 Å². The minimum atomic E-state index is -0.678. The van der Waals surface area contributed by atoms with E-state index in [2.05, 4.69) is 12.2 Å². The Hall–Kier alpha value is -1.75. The van der Waals surface area contributed by atoms with Crippen LogP contribution in [0.5, 0.6) is 11.5 Å². The molecular weight excluding hydrogens is 270 g/mol. The topological polar surface area (TPSA) is 56.8 Å². The van der Waals surface area contributed by atoms with Crippen molar-refractivity contribution in [3.05, 3.63) is 23.8 Å². The van der Waals surface area contributed by atoms with Crippen molar-refractivity contribution in [1.29, 1.82) is 0 Å². The van der Waals surface area contributed by atoms with Crippen LogP contribution in [0.3, 0.4) is 0 Å². The largest absolute Gasteiger partial charge is 0.468 e. The van der Waals surface area contributed by atoms with Gasteiger partial charge in [-0.3, -0.25) is 10.1 Å². The highest BCUT2D eigenvalue weighted by atomic mass is 16.7. The third-order valence-electron chi connectivity index (χ3n) is 3.61. The maximum atomic E-state index is 11.7. The Morgan fingerprint density at radius 1 is 1.38 bits per heavy atom. The Kier molecular flexibility index (Phi) is 4.73. The zero-order chi connectivity index (χ0) is 15.5. The number of esters is 1. The van der Waals surface area contributed by atoms with Crippen molar-refractivity contribution in [3.63, 3.8) is 0 Å². The molecule has 1 unspecified atom stereocenters. The van der Waals surface area contributed by atoms with Gasteiger partial charge in [0.15, 0.2) is 11.5 Å². The molecule has 0 amide bonds. The highest BCUT2D eigenvalue weighted by molar-refractivity contribution is 5.79. The predicted molar refractivity (Wildman–Crippen MR) is 79.6 cm³/mol. The normalized spacial score (nSPS) is 14.9. The quantitative estimate of drug-likeness (QED) is 0.815. The highest BCUT2D eigenvalue weighted by Gasteiger charge is 2.29. The molecule has 1 aromatic carbocycles. The Labute approximate surface area is 125 Å². The number of rotatable bonds is 6. The van der Waals surface area contributed by atoms with E-state index in [9.17, 15) is 4.79 Å². The lowest BCUT2D eigenvalue weighted by atomic mass is 10.0. The number of benzene rings is 1. The van der Waals surface area contributed by atoms with E-state index in [1.54, 1.807) is 0 Å². The second-order valence-electron chi connectivity index (χ2n) is 5.89. The lowest BCUT2D eigenvalue weighted by Gasteiger charge is -2.27. The summed E-state index contributed by atoms with van der Waals surface area (Å²) in [7, 11) is 1.41. The molecule has 0 aliphatic carbocycles. The summed E-state index contributed by atoms with van der Waals surface area (Å²) >= 11 is 0. The van der Waals surface area contributed by atoms with E-state index in [4.69, 9.17) is 14.2 Å².